The van der Waals surface area contributed by atoms with Gasteiger partial charge in [0.25, 0.3) is 5.91 Å². The normalized spacial score (nSPS) is 18.6. The van der Waals surface area contributed by atoms with Crippen molar-refractivity contribution in [3.05, 3.63) is 65.2 Å². The molecule has 2 aromatic carbocycles. The third-order valence-electron chi connectivity index (χ3n) is 4.37. The highest BCUT2D eigenvalue weighted by Crippen LogP contribution is 2.29. The van der Waals surface area contributed by atoms with E-state index < -0.39 is 41.6 Å². The Kier molecular flexibility index (Phi) is 4.79. The van der Waals surface area contributed by atoms with Crippen molar-refractivity contribution >= 4 is 23.5 Å². The first-order valence-corrected chi connectivity index (χ1v) is 8.14. The molecule has 1 saturated heterocycles. The predicted molar refractivity (Wildman–Crippen MR) is 93.7 cm³/mol. The van der Waals surface area contributed by atoms with Crippen LogP contribution in [0.1, 0.15) is 18.1 Å². The fourth-order valence-corrected chi connectivity index (χ4v) is 2.83. The molecule has 1 heterocycles. The number of carbonyl (C=O) groups excluding carboxylic acids is 3. The van der Waals surface area contributed by atoms with Crippen molar-refractivity contribution < 1.29 is 23.2 Å². The highest BCUT2D eigenvalue weighted by molar-refractivity contribution is 6.10. The van der Waals surface area contributed by atoms with Crippen molar-refractivity contribution in [2.45, 2.75) is 12.5 Å². The Hall–Kier alpha value is -3.80. The van der Waals surface area contributed by atoms with E-state index in [9.17, 15) is 23.2 Å². The quantitative estimate of drug-likeness (QED) is 0.789. The summed E-state index contributed by atoms with van der Waals surface area (Å²) in [6, 6.07) is 10.1. The minimum atomic E-state index is -1.40. The Morgan fingerprint density at radius 1 is 1.18 bits per heavy atom. The van der Waals surface area contributed by atoms with Crippen LogP contribution >= 0.6 is 0 Å². The van der Waals surface area contributed by atoms with Crippen molar-refractivity contribution in [3.63, 3.8) is 0 Å². The number of nitrogens with one attached hydrogen (secondary N) is 2. The first kappa shape index (κ1) is 19.0. The molecule has 1 aliphatic heterocycles. The fourth-order valence-electron chi connectivity index (χ4n) is 2.83. The first-order valence-electron chi connectivity index (χ1n) is 8.14. The number of carbonyl (C=O) groups is 3. The van der Waals surface area contributed by atoms with E-state index in [-0.39, 0.29) is 5.69 Å². The second-order valence-corrected chi connectivity index (χ2v) is 6.31. The molecule has 2 N–H and O–H groups in total. The van der Waals surface area contributed by atoms with Gasteiger partial charge in [0.15, 0.2) is 11.6 Å². The number of rotatable bonds is 4. The van der Waals surface area contributed by atoms with Gasteiger partial charge in [0, 0.05) is 11.8 Å². The molecule has 0 unspecified atom stereocenters. The van der Waals surface area contributed by atoms with Crippen LogP contribution in [0.4, 0.5) is 19.3 Å². The van der Waals surface area contributed by atoms with Crippen LogP contribution in [-0.2, 0) is 15.1 Å². The Morgan fingerprint density at radius 3 is 2.46 bits per heavy atom. The number of halogens is 2. The van der Waals surface area contributed by atoms with Crippen LogP contribution in [0.3, 0.4) is 0 Å². The molecule has 0 aliphatic carbocycles. The number of urea groups is 1. The lowest BCUT2D eigenvalue weighted by molar-refractivity contribution is -0.133. The van der Waals surface area contributed by atoms with E-state index >= 15 is 0 Å². The highest BCUT2D eigenvalue weighted by atomic mass is 19.2. The molecule has 9 heteroatoms. The molecule has 1 atom stereocenters. The van der Waals surface area contributed by atoms with E-state index in [1.165, 1.54) is 19.1 Å². The molecule has 1 aliphatic rings. The number of amides is 4. The third-order valence-corrected chi connectivity index (χ3v) is 4.37. The van der Waals surface area contributed by atoms with Gasteiger partial charge in [0.2, 0.25) is 5.91 Å². The maximum absolute atomic E-state index is 13.2. The molecule has 0 spiro atoms. The van der Waals surface area contributed by atoms with Gasteiger partial charge >= 0.3 is 6.03 Å². The molecular formula is C19H14F2N4O3. The number of hydrogen-bond acceptors (Lipinski definition) is 4. The highest BCUT2D eigenvalue weighted by Gasteiger charge is 2.49. The van der Waals surface area contributed by atoms with Crippen molar-refractivity contribution in [3.8, 4) is 6.07 Å². The van der Waals surface area contributed by atoms with Crippen LogP contribution < -0.4 is 10.6 Å². The van der Waals surface area contributed by atoms with Gasteiger partial charge in [-0.2, -0.15) is 5.26 Å². The second kappa shape index (κ2) is 7.08. The van der Waals surface area contributed by atoms with Crippen LogP contribution in [-0.4, -0.2) is 29.3 Å². The minimum absolute atomic E-state index is 0.00851. The predicted octanol–water partition coefficient (Wildman–Crippen LogP) is 2.24. The summed E-state index contributed by atoms with van der Waals surface area (Å²) in [5.74, 6) is -3.60. The van der Waals surface area contributed by atoms with Crippen molar-refractivity contribution in [2.75, 3.05) is 11.9 Å². The SMILES string of the molecule is C[C@]1(c2ccc(C#N)cc2)NC(=O)N(CC(=O)Nc2ccc(F)c(F)c2)C1=O. The molecule has 3 rings (SSSR count). The Morgan fingerprint density at radius 2 is 1.86 bits per heavy atom. The molecule has 0 radical (unpaired) electrons. The maximum atomic E-state index is 13.2. The Balaban J connectivity index is 1.74. The summed E-state index contributed by atoms with van der Waals surface area (Å²) in [6.07, 6.45) is 0. The summed E-state index contributed by atoms with van der Waals surface area (Å²) < 4.78 is 26.2. The van der Waals surface area contributed by atoms with E-state index in [1.807, 2.05) is 6.07 Å². The van der Waals surface area contributed by atoms with Crippen molar-refractivity contribution in [1.29, 1.82) is 5.26 Å². The van der Waals surface area contributed by atoms with Crippen molar-refractivity contribution in [1.82, 2.24) is 10.2 Å². The van der Waals surface area contributed by atoms with Crippen LogP contribution in [0.2, 0.25) is 0 Å². The Bertz CT molecular complexity index is 1020. The maximum Gasteiger partial charge on any atom is 0.325 e. The first-order chi connectivity index (χ1) is 13.2. The van der Waals surface area contributed by atoms with E-state index in [0.717, 1.165) is 23.1 Å². The Labute approximate surface area is 158 Å². The van der Waals surface area contributed by atoms with Crippen LogP contribution in [0.5, 0.6) is 0 Å². The number of nitrogens with zero attached hydrogens (tertiary/aromatic N) is 2. The zero-order valence-electron chi connectivity index (χ0n) is 14.6. The summed E-state index contributed by atoms with van der Waals surface area (Å²) in [5, 5.41) is 13.7. The lowest BCUT2D eigenvalue weighted by Crippen LogP contribution is -2.42. The fraction of sp³-hybridized carbons (Fsp3) is 0.158. The molecule has 142 valence electrons. The molecule has 2 aromatic rings. The molecular weight excluding hydrogens is 370 g/mol. The standard InChI is InChI=1S/C19H14F2N4O3/c1-19(12-4-2-11(9-22)3-5-12)17(27)25(18(28)24-19)10-16(26)23-13-6-7-14(20)15(21)8-13/h2-8H,10H2,1H3,(H,23,26)(H,24,28)/t19-/m1/s1. The van der Waals surface area contributed by atoms with Gasteiger partial charge < -0.3 is 10.6 Å². The summed E-state index contributed by atoms with van der Waals surface area (Å²) in [4.78, 5) is 37.9. The average molecular weight is 384 g/mol. The molecule has 0 bridgehead atoms. The van der Waals surface area contributed by atoms with Crippen molar-refractivity contribution in [2.24, 2.45) is 0 Å². The molecule has 28 heavy (non-hydrogen) atoms. The summed E-state index contributed by atoms with van der Waals surface area (Å²) in [5.41, 5.74) is -0.557. The van der Waals surface area contributed by atoms with E-state index in [2.05, 4.69) is 10.6 Å². The smallest absolute Gasteiger partial charge is 0.324 e. The van der Waals surface area contributed by atoms with Gasteiger partial charge in [-0.1, -0.05) is 12.1 Å². The minimum Gasteiger partial charge on any atom is -0.324 e. The van der Waals surface area contributed by atoms with Gasteiger partial charge in [-0.3, -0.25) is 14.5 Å². The molecule has 7 nitrogen and oxygen atoms in total. The van der Waals surface area contributed by atoms with E-state index in [4.69, 9.17) is 5.26 Å². The van der Waals surface area contributed by atoms with Gasteiger partial charge in [-0.15, -0.1) is 0 Å². The topological polar surface area (TPSA) is 102 Å². The number of anilines is 1. The lowest BCUT2D eigenvalue weighted by Gasteiger charge is -2.22. The molecule has 1 fully saturated rings. The van der Waals surface area contributed by atoms with Gasteiger partial charge in [-0.05, 0) is 36.8 Å². The second-order valence-electron chi connectivity index (χ2n) is 6.31. The largest absolute Gasteiger partial charge is 0.325 e. The molecule has 4 amide bonds. The van der Waals surface area contributed by atoms with Crippen LogP contribution in [0.15, 0.2) is 42.5 Å². The number of imide groups is 1. The third kappa shape index (κ3) is 3.40. The van der Waals surface area contributed by atoms with Gasteiger partial charge in [0.05, 0.1) is 11.6 Å². The molecule has 0 aromatic heterocycles. The monoisotopic (exact) mass is 384 g/mol. The summed E-state index contributed by atoms with van der Waals surface area (Å²) in [6.45, 7) is 0.886. The van der Waals surface area contributed by atoms with E-state index in [0.29, 0.717) is 11.1 Å². The van der Waals surface area contributed by atoms with Gasteiger partial charge in [-0.25, -0.2) is 13.6 Å². The van der Waals surface area contributed by atoms with E-state index in [1.54, 1.807) is 12.1 Å². The zero-order valence-corrected chi connectivity index (χ0v) is 14.6. The number of hydrogen-bond donors (Lipinski definition) is 2. The lowest BCUT2D eigenvalue weighted by atomic mass is 9.91. The molecule has 0 saturated carbocycles. The van der Waals surface area contributed by atoms with Gasteiger partial charge in [0.1, 0.15) is 12.1 Å². The zero-order chi connectivity index (χ0) is 20.5. The summed E-state index contributed by atoms with van der Waals surface area (Å²) >= 11 is 0. The average Bonchev–Trinajstić information content (AvgIpc) is 2.89. The number of benzene rings is 2. The summed E-state index contributed by atoms with van der Waals surface area (Å²) in [7, 11) is 0. The van der Waals surface area contributed by atoms with Crippen LogP contribution in [0.25, 0.3) is 0 Å². The van der Waals surface area contributed by atoms with Crippen LogP contribution in [0, 0.1) is 23.0 Å². The number of nitriles is 1.